The highest BCUT2D eigenvalue weighted by molar-refractivity contribution is 5.87. The molecule has 0 bridgehead atoms. The molecule has 0 aliphatic heterocycles. The highest BCUT2D eigenvalue weighted by atomic mass is 19.4. The number of carboxylic acids is 1. The molecular formula is C12H7F9O3. The van der Waals surface area contributed by atoms with Crippen molar-refractivity contribution in [2.24, 2.45) is 0 Å². The molecule has 136 valence electrons. The van der Waals surface area contributed by atoms with Crippen molar-refractivity contribution in [1.82, 2.24) is 0 Å². The second kappa shape index (κ2) is 6.06. The molecule has 0 radical (unpaired) electrons. The van der Waals surface area contributed by atoms with Crippen LogP contribution in [-0.2, 0) is 0 Å². The molecule has 0 aliphatic rings. The van der Waals surface area contributed by atoms with E-state index >= 15 is 0 Å². The van der Waals surface area contributed by atoms with Gasteiger partial charge in [-0.25, -0.2) is 4.79 Å². The summed E-state index contributed by atoms with van der Waals surface area (Å²) in [6.45, 7) is -2.53. The number of halogens is 9. The third-order valence-corrected chi connectivity index (χ3v) is 2.71. The first-order valence-corrected chi connectivity index (χ1v) is 5.80. The zero-order chi connectivity index (χ0) is 19.0. The lowest BCUT2D eigenvalue weighted by Crippen LogP contribution is -2.62. The summed E-state index contributed by atoms with van der Waals surface area (Å²) in [5.74, 6) is -22.0. The smallest absolute Gasteiger partial charge is 0.460 e. The first-order chi connectivity index (χ1) is 10.6. The molecule has 1 aromatic rings. The Morgan fingerprint density at radius 1 is 0.958 bits per heavy atom. The second-order valence-corrected chi connectivity index (χ2v) is 4.47. The van der Waals surface area contributed by atoms with E-state index in [1.54, 1.807) is 0 Å². The third kappa shape index (κ3) is 3.51. The van der Waals surface area contributed by atoms with Gasteiger partial charge in [0, 0.05) is 0 Å². The lowest BCUT2D eigenvalue weighted by molar-refractivity contribution is -0.398. The fourth-order valence-corrected chi connectivity index (χ4v) is 1.39. The summed E-state index contributed by atoms with van der Waals surface area (Å²) in [6, 6.07) is 3.35. The molecule has 0 amide bonds. The third-order valence-electron chi connectivity index (χ3n) is 2.71. The molecule has 0 saturated heterocycles. The van der Waals surface area contributed by atoms with Crippen molar-refractivity contribution in [3.63, 3.8) is 0 Å². The fourth-order valence-electron chi connectivity index (χ4n) is 1.39. The molecule has 0 spiro atoms. The van der Waals surface area contributed by atoms with Gasteiger partial charge in [0.1, 0.15) is 5.75 Å². The number of rotatable bonds is 6. The van der Waals surface area contributed by atoms with E-state index in [1.807, 2.05) is 0 Å². The van der Waals surface area contributed by atoms with E-state index in [0.717, 1.165) is 18.2 Å². The van der Waals surface area contributed by atoms with Gasteiger partial charge in [-0.2, -0.15) is 39.5 Å². The zero-order valence-corrected chi connectivity index (χ0v) is 11.2. The summed E-state index contributed by atoms with van der Waals surface area (Å²) < 4.78 is 117. The molecule has 0 fully saturated rings. The van der Waals surface area contributed by atoms with Gasteiger partial charge in [0.15, 0.2) is 6.61 Å². The molecule has 1 N–H and O–H groups in total. The van der Waals surface area contributed by atoms with Crippen LogP contribution in [0.1, 0.15) is 10.4 Å². The maximum atomic E-state index is 13.2. The zero-order valence-electron chi connectivity index (χ0n) is 11.2. The summed E-state index contributed by atoms with van der Waals surface area (Å²) in [5, 5.41) is 8.61. The Kier molecular flexibility index (Phi) is 5.02. The summed E-state index contributed by atoms with van der Waals surface area (Å²) in [4.78, 5) is 10.6. The van der Waals surface area contributed by atoms with Crippen LogP contribution in [0, 0.1) is 0 Å². The molecule has 0 aliphatic carbocycles. The molecule has 0 heterocycles. The standard InChI is InChI=1S/C12H7F9O3/c13-9(14,10(15,16)11(17,18)12(19,20)21)5-24-7-3-1-2-6(4-7)8(22)23/h1-4H,5H2,(H,22,23). The number of hydrogen-bond acceptors (Lipinski definition) is 2. The van der Waals surface area contributed by atoms with Crippen LogP contribution in [0.2, 0.25) is 0 Å². The Bertz CT molecular complexity index is 610. The van der Waals surface area contributed by atoms with E-state index in [0.29, 0.717) is 6.07 Å². The van der Waals surface area contributed by atoms with Crippen molar-refractivity contribution in [3.8, 4) is 5.75 Å². The average molecular weight is 370 g/mol. The molecular weight excluding hydrogens is 363 g/mol. The Morgan fingerprint density at radius 2 is 1.50 bits per heavy atom. The van der Waals surface area contributed by atoms with Gasteiger partial charge in [0.2, 0.25) is 0 Å². The minimum Gasteiger partial charge on any atom is -0.487 e. The lowest BCUT2D eigenvalue weighted by atomic mass is 10.0. The summed E-state index contributed by atoms with van der Waals surface area (Å²) in [6.07, 6.45) is -6.91. The minimum atomic E-state index is -7.00. The molecule has 0 saturated carbocycles. The molecule has 12 heteroatoms. The maximum absolute atomic E-state index is 13.2. The van der Waals surface area contributed by atoms with Gasteiger partial charge in [-0.15, -0.1) is 0 Å². The van der Waals surface area contributed by atoms with Crippen LogP contribution in [0.5, 0.6) is 5.75 Å². The largest absolute Gasteiger partial charge is 0.487 e. The van der Waals surface area contributed by atoms with Crippen LogP contribution < -0.4 is 4.74 Å². The predicted molar refractivity (Wildman–Crippen MR) is 59.8 cm³/mol. The van der Waals surface area contributed by atoms with Crippen LogP contribution in [0.3, 0.4) is 0 Å². The number of benzene rings is 1. The van der Waals surface area contributed by atoms with Gasteiger partial charge in [-0.3, -0.25) is 0 Å². The van der Waals surface area contributed by atoms with Crippen LogP contribution in [0.15, 0.2) is 24.3 Å². The van der Waals surface area contributed by atoms with Crippen LogP contribution in [0.25, 0.3) is 0 Å². The molecule has 3 nitrogen and oxygen atoms in total. The maximum Gasteiger partial charge on any atom is 0.460 e. The van der Waals surface area contributed by atoms with E-state index in [4.69, 9.17) is 5.11 Å². The van der Waals surface area contributed by atoms with E-state index in [-0.39, 0.29) is 0 Å². The highest BCUT2D eigenvalue weighted by Crippen LogP contribution is 2.53. The van der Waals surface area contributed by atoms with Crippen molar-refractivity contribution in [3.05, 3.63) is 29.8 Å². The van der Waals surface area contributed by atoms with Gasteiger partial charge in [0.05, 0.1) is 5.56 Å². The van der Waals surface area contributed by atoms with Crippen molar-refractivity contribution in [2.75, 3.05) is 6.61 Å². The quantitative estimate of drug-likeness (QED) is 0.763. The van der Waals surface area contributed by atoms with E-state index < -0.39 is 47.8 Å². The van der Waals surface area contributed by atoms with Gasteiger partial charge in [0.25, 0.3) is 0 Å². The van der Waals surface area contributed by atoms with Crippen molar-refractivity contribution < 1.29 is 54.2 Å². The number of ether oxygens (including phenoxy) is 1. The first-order valence-electron chi connectivity index (χ1n) is 5.80. The molecule has 1 rings (SSSR count). The van der Waals surface area contributed by atoms with Gasteiger partial charge < -0.3 is 9.84 Å². The van der Waals surface area contributed by atoms with Crippen LogP contribution in [-0.4, -0.2) is 41.6 Å². The molecule has 0 atom stereocenters. The summed E-state index contributed by atoms with van der Waals surface area (Å²) in [7, 11) is 0. The van der Waals surface area contributed by atoms with E-state index in [1.165, 1.54) is 0 Å². The number of aromatic carboxylic acids is 1. The van der Waals surface area contributed by atoms with E-state index in [2.05, 4.69) is 4.74 Å². The van der Waals surface area contributed by atoms with Gasteiger partial charge in [-0.05, 0) is 18.2 Å². The first kappa shape index (κ1) is 19.9. The van der Waals surface area contributed by atoms with Crippen molar-refractivity contribution in [2.45, 2.75) is 23.9 Å². The number of carbonyl (C=O) groups is 1. The van der Waals surface area contributed by atoms with E-state index in [9.17, 15) is 44.3 Å². The molecule has 1 aromatic carbocycles. The van der Waals surface area contributed by atoms with Crippen molar-refractivity contribution >= 4 is 5.97 Å². The second-order valence-electron chi connectivity index (χ2n) is 4.47. The molecule has 24 heavy (non-hydrogen) atoms. The lowest BCUT2D eigenvalue weighted by Gasteiger charge is -2.33. The summed E-state index contributed by atoms with van der Waals surface area (Å²) in [5.41, 5.74) is -0.511. The summed E-state index contributed by atoms with van der Waals surface area (Å²) >= 11 is 0. The topological polar surface area (TPSA) is 46.5 Å². The monoisotopic (exact) mass is 370 g/mol. The highest BCUT2D eigenvalue weighted by Gasteiger charge is 2.81. The average Bonchev–Trinajstić information content (AvgIpc) is 2.44. The number of hydrogen-bond donors (Lipinski definition) is 1. The van der Waals surface area contributed by atoms with Gasteiger partial charge >= 0.3 is 29.9 Å². The minimum absolute atomic E-state index is 0.511. The number of carboxylic acid groups (broad SMARTS) is 1. The Hall–Kier alpha value is -2.14. The Balaban J connectivity index is 3.01. The predicted octanol–water partition coefficient (Wildman–Crippen LogP) is 4.23. The Morgan fingerprint density at radius 3 is 1.96 bits per heavy atom. The molecule has 0 unspecified atom stereocenters. The Labute approximate surface area is 127 Å². The SMILES string of the molecule is O=C(O)c1cccc(OCC(F)(F)C(F)(F)C(F)(F)C(F)(F)F)c1. The van der Waals surface area contributed by atoms with Crippen LogP contribution >= 0.6 is 0 Å². The number of alkyl halides is 9. The molecule has 0 aromatic heterocycles. The normalized spacial score (nSPS) is 13.7. The fraction of sp³-hybridized carbons (Fsp3) is 0.417. The van der Waals surface area contributed by atoms with Crippen molar-refractivity contribution in [1.29, 1.82) is 0 Å². The van der Waals surface area contributed by atoms with Gasteiger partial charge in [-0.1, -0.05) is 6.07 Å². The van der Waals surface area contributed by atoms with Crippen LogP contribution in [0.4, 0.5) is 39.5 Å².